The predicted octanol–water partition coefficient (Wildman–Crippen LogP) is 2.39. The number of hydrogen-bond acceptors (Lipinski definition) is 3. The van der Waals surface area contributed by atoms with Crippen molar-refractivity contribution in [2.45, 2.75) is 19.4 Å². The molecule has 126 valence electrons. The minimum atomic E-state index is -0.175. The molecule has 0 atom stereocenters. The van der Waals surface area contributed by atoms with E-state index in [2.05, 4.69) is 10.3 Å². The molecule has 3 aromatic rings. The highest BCUT2D eigenvalue weighted by molar-refractivity contribution is 5.99. The third-order valence-electron chi connectivity index (χ3n) is 4.34. The summed E-state index contributed by atoms with van der Waals surface area (Å²) >= 11 is 0. The van der Waals surface area contributed by atoms with Crippen LogP contribution in [0.2, 0.25) is 0 Å². The van der Waals surface area contributed by atoms with E-state index in [1.165, 1.54) is 0 Å². The van der Waals surface area contributed by atoms with E-state index in [0.717, 1.165) is 23.4 Å². The molecule has 4 rings (SSSR count). The molecule has 1 saturated heterocycles. The van der Waals surface area contributed by atoms with Crippen molar-refractivity contribution < 1.29 is 9.59 Å². The maximum absolute atomic E-state index is 12.4. The van der Waals surface area contributed by atoms with E-state index in [1.807, 2.05) is 41.1 Å². The molecular formula is C19H18N4O2. The first-order chi connectivity index (χ1) is 12.2. The van der Waals surface area contributed by atoms with Gasteiger partial charge in [-0.15, -0.1) is 0 Å². The Kier molecular flexibility index (Phi) is 3.93. The Morgan fingerprint density at radius 2 is 2.12 bits per heavy atom. The molecule has 2 aromatic heterocycles. The summed E-state index contributed by atoms with van der Waals surface area (Å²) in [4.78, 5) is 30.5. The highest BCUT2D eigenvalue weighted by Gasteiger charge is 2.22. The van der Waals surface area contributed by atoms with Crippen molar-refractivity contribution in [2.24, 2.45) is 0 Å². The van der Waals surface area contributed by atoms with Crippen LogP contribution in [-0.2, 0) is 11.3 Å². The van der Waals surface area contributed by atoms with Crippen molar-refractivity contribution in [2.75, 3.05) is 11.4 Å². The number of imidazole rings is 1. The number of benzene rings is 1. The number of rotatable bonds is 4. The summed E-state index contributed by atoms with van der Waals surface area (Å²) in [5.74, 6) is -0.0622. The average molecular weight is 334 g/mol. The summed E-state index contributed by atoms with van der Waals surface area (Å²) in [6.45, 7) is 1.07. The Bertz CT molecular complexity index is 914. The van der Waals surface area contributed by atoms with Crippen LogP contribution in [0, 0.1) is 0 Å². The van der Waals surface area contributed by atoms with Crippen LogP contribution in [0.15, 0.2) is 54.9 Å². The van der Waals surface area contributed by atoms with Crippen LogP contribution in [0.1, 0.15) is 28.9 Å². The van der Waals surface area contributed by atoms with E-state index in [0.29, 0.717) is 25.1 Å². The van der Waals surface area contributed by atoms with Gasteiger partial charge in [0.25, 0.3) is 5.91 Å². The van der Waals surface area contributed by atoms with E-state index in [9.17, 15) is 9.59 Å². The zero-order chi connectivity index (χ0) is 17.2. The smallest absolute Gasteiger partial charge is 0.251 e. The van der Waals surface area contributed by atoms with Crippen LogP contribution < -0.4 is 10.2 Å². The molecule has 6 nitrogen and oxygen atoms in total. The van der Waals surface area contributed by atoms with Crippen molar-refractivity contribution in [3.63, 3.8) is 0 Å². The van der Waals surface area contributed by atoms with Gasteiger partial charge in [-0.05, 0) is 36.8 Å². The summed E-state index contributed by atoms with van der Waals surface area (Å²) in [7, 11) is 0. The van der Waals surface area contributed by atoms with Gasteiger partial charge in [0.2, 0.25) is 5.91 Å². The Morgan fingerprint density at radius 3 is 2.92 bits per heavy atom. The minimum absolute atomic E-state index is 0.113. The zero-order valence-corrected chi connectivity index (χ0v) is 13.7. The fourth-order valence-electron chi connectivity index (χ4n) is 3.08. The highest BCUT2D eigenvalue weighted by Crippen LogP contribution is 2.22. The first-order valence-electron chi connectivity index (χ1n) is 8.32. The lowest BCUT2D eigenvalue weighted by molar-refractivity contribution is -0.117. The summed E-state index contributed by atoms with van der Waals surface area (Å²) in [6.07, 6.45) is 5.26. The lowest BCUT2D eigenvalue weighted by atomic mass is 10.1. The van der Waals surface area contributed by atoms with Crippen LogP contribution in [0.25, 0.3) is 5.65 Å². The second-order valence-electron chi connectivity index (χ2n) is 6.08. The first-order valence-corrected chi connectivity index (χ1v) is 8.32. The third-order valence-corrected chi connectivity index (χ3v) is 4.34. The number of carbonyl (C=O) groups excluding carboxylic acids is 2. The molecule has 0 aliphatic carbocycles. The summed E-state index contributed by atoms with van der Waals surface area (Å²) in [5, 5.41) is 2.89. The molecule has 0 unspecified atom stereocenters. The molecule has 0 spiro atoms. The maximum atomic E-state index is 12.4. The molecule has 0 saturated carbocycles. The number of carbonyl (C=O) groups is 2. The third kappa shape index (κ3) is 3.10. The van der Waals surface area contributed by atoms with Crippen LogP contribution in [0.4, 0.5) is 5.69 Å². The van der Waals surface area contributed by atoms with Gasteiger partial charge in [0, 0.05) is 36.6 Å². The summed E-state index contributed by atoms with van der Waals surface area (Å²) < 4.78 is 1.92. The van der Waals surface area contributed by atoms with Gasteiger partial charge in [-0.1, -0.05) is 12.1 Å². The Morgan fingerprint density at radius 1 is 1.20 bits per heavy atom. The lowest BCUT2D eigenvalue weighted by Gasteiger charge is -2.16. The average Bonchev–Trinajstić information content (AvgIpc) is 3.25. The molecule has 2 amide bonds. The zero-order valence-electron chi connectivity index (χ0n) is 13.7. The molecular weight excluding hydrogens is 316 g/mol. The molecule has 1 fully saturated rings. The van der Waals surface area contributed by atoms with E-state index < -0.39 is 0 Å². The highest BCUT2D eigenvalue weighted by atomic mass is 16.2. The number of nitrogens with zero attached hydrogens (tertiary/aromatic N) is 3. The van der Waals surface area contributed by atoms with Gasteiger partial charge in [0.1, 0.15) is 5.65 Å². The molecule has 6 heteroatoms. The summed E-state index contributed by atoms with van der Waals surface area (Å²) in [5.41, 5.74) is 2.97. The number of pyridine rings is 1. The topological polar surface area (TPSA) is 66.7 Å². The van der Waals surface area contributed by atoms with Gasteiger partial charge in [-0.25, -0.2) is 4.98 Å². The van der Waals surface area contributed by atoms with Gasteiger partial charge in [-0.3, -0.25) is 9.59 Å². The van der Waals surface area contributed by atoms with Crippen molar-refractivity contribution in [1.82, 2.24) is 14.7 Å². The number of nitrogens with one attached hydrogen (secondary N) is 1. The van der Waals surface area contributed by atoms with Gasteiger partial charge >= 0.3 is 0 Å². The number of amides is 2. The van der Waals surface area contributed by atoms with Crippen LogP contribution in [0.3, 0.4) is 0 Å². The van der Waals surface area contributed by atoms with Crippen molar-refractivity contribution >= 4 is 23.1 Å². The minimum Gasteiger partial charge on any atom is -0.346 e. The molecule has 25 heavy (non-hydrogen) atoms. The van der Waals surface area contributed by atoms with E-state index in [1.54, 1.807) is 23.1 Å². The second kappa shape index (κ2) is 6.39. The quantitative estimate of drug-likeness (QED) is 0.797. The molecule has 1 aromatic carbocycles. The largest absolute Gasteiger partial charge is 0.346 e. The van der Waals surface area contributed by atoms with Gasteiger partial charge in [-0.2, -0.15) is 0 Å². The second-order valence-corrected chi connectivity index (χ2v) is 6.08. The monoisotopic (exact) mass is 334 g/mol. The first kappa shape index (κ1) is 15.4. The van der Waals surface area contributed by atoms with Gasteiger partial charge in [0.15, 0.2) is 0 Å². The van der Waals surface area contributed by atoms with Crippen LogP contribution in [0.5, 0.6) is 0 Å². The number of aromatic nitrogens is 2. The van der Waals surface area contributed by atoms with E-state index in [-0.39, 0.29) is 11.8 Å². The lowest BCUT2D eigenvalue weighted by Crippen LogP contribution is -2.25. The van der Waals surface area contributed by atoms with Crippen LogP contribution in [-0.4, -0.2) is 27.7 Å². The molecule has 1 N–H and O–H groups in total. The summed E-state index contributed by atoms with van der Waals surface area (Å²) in [6, 6.07) is 13.0. The van der Waals surface area contributed by atoms with E-state index in [4.69, 9.17) is 0 Å². The maximum Gasteiger partial charge on any atom is 0.251 e. The predicted molar refractivity (Wildman–Crippen MR) is 94.4 cm³/mol. The molecule has 0 bridgehead atoms. The van der Waals surface area contributed by atoms with E-state index >= 15 is 0 Å². The van der Waals surface area contributed by atoms with Crippen LogP contribution >= 0.6 is 0 Å². The van der Waals surface area contributed by atoms with Gasteiger partial charge < -0.3 is 14.6 Å². The molecule has 0 radical (unpaired) electrons. The van der Waals surface area contributed by atoms with Crippen molar-refractivity contribution in [3.05, 3.63) is 66.1 Å². The molecule has 1 aliphatic rings. The Balaban J connectivity index is 1.46. The fourth-order valence-corrected chi connectivity index (χ4v) is 3.08. The number of fused-ring (bicyclic) bond motifs is 1. The molecule has 3 heterocycles. The Hall–Kier alpha value is -3.15. The van der Waals surface area contributed by atoms with Crippen molar-refractivity contribution in [3.8, 4) is 0 Å². The SMILES string of the molecule is O=C(NCc1cn2ccccc2n1)c1cccc(N2CCCC2=O)c1. The number of hydrogen-bond donors (Lipinski definition) is 1. The molecule has 1 aliphatic heterocycles. The van der Waals surface area contributed by atoms with Crippen molar-refractivity contribution in [1.29, 1.82) is 0 Å². The normalized spacial score (nSPS) is 14.2. The standard InChI is InChI=1S/C19H18N4O2/c24-18-8-4-10-23(18)16-6-3-5-14(11-16)19(25)20-12-15-13-22-9-2-1-7-17(22)21-15/h1-3,5-7,9,11,13H,4,8,10,12H2,(H,20,25). The van der Waals surface area contributed by atoms with Gasteiger partial charge in [0.05, 0.1) is 12.2 Å². The fraction of sp³-hybridized carbons (Fsp3) is 0.211. The Labute approximate surface area is 145 Å². The number of anilines is 1.